The summed E-state index contributed by atoms with van der Waals surface area (Å²) in [7, 11) is 0. The van der Waals surface area contributed by atoms with Crippen molar-refractivity contribution in [3.8, 4) is 11.6 Å². The smallest absolute Gasteiger partial charge is 0.219 e. The molecule has 2 N–H and O–H groups in total. The summed E-state index contributed by atoms with van der Waals surface area (Å²) in [5, 5.41) is 1.02. The normalized spacial score (nSPS) is 10.4. The lowest BCUT2D eigenvalue weighted by atomic mass is 10.3. The van der Waals surface area contributed by atoms with Crippen molar-refractivity contribution < 1.29 is 4.74 Å². The minimum absolute atomic E-state index is 0.252. The van der Waals surface area contributed by atoms with Gasteiger partial charge in [0, 0.05) is 17.1 Å². The molecule has 1 heterocycles. The molecule has 0 radical (unpaired) electrons. The fourth-order valence-electron chi connectivity index (χ4n) is 1.33. The molecule has 0 aliphatic heterocycles. The monoisotopic (exact) mass is 346 g/mol. The summed E-state index contributed by atoms with van der Waals surface area (Å²) in [6.45, 7) is 0.252. The van der Waals surface area contributed by atoms with Crippen molar-refractivity contribution in [3.05, 3.63) is 50.5 Å². The van der Waals surface area contributed by atoms with Crippen LogP contribution in [0, 0.1) is 0 Å². The molecule has 0 saturated heterocycles. The highest BCUT2D eigenvalue weighted by Gasteiger charge is 2.07. The molecule has 0 aliphatic carbocycles. The van der Waals surface area contributed by atoms with Gasteiger partial charge in [0.1, 0.15) is 5.75 Å². The number of nitrogens with two attached hydrogens (primary N) is 1. The van der Waals surface area contributed by atoms with Gasteiger partial charge in [0.05, 0.1) is 15.7 Å². The average molecular weight is 348 g/mol. The maximum atomic E-state index is 6.03. The molecular formula is C12H9BrCl2N2O. The van der Waals surface area contributed by atoms with Crippen LogP contribution in [0.25, 0.3) is 0 Å². The first-order chi connectivity index (χ1) is 8.60. The predicted octanol–water partition coefficient (Wildman–Crippen LogP) is 4.40. The Balaban J connectivity index is 2.31. The molecule has 94 valence electrons. The van der Waals surface area contributed by atoms with Gasteiger partial charge >= 0.3 is 0 Å². The molecule has 3 nitrogen and oxygen atoms in total. The molecule has 0 aliphatic rings. The Kier molecular flexibility index (Phi) is 4.45. The van der Waals surface area contributed by atoms with E-state index in [9.17, 15) is 0 Å². The first-order valence-electron chi connectivity index (χ1n) is 5.08. The number of aromatic nitrogens is 1. The predicted molar refractivity (Wildman–Crippen MR) is 76.4 cm³/mol. The number of hydrogen-bond acceptors (Lipinski definition) is 3. The Morgan fingerprint density at radius 3 is 2.61 bits per heavy atom. The minimum Gasteiger partial charge on any atom is -0.437 e. The Morgan fingerprint density at radius 2 is 1.89 bits per heavy atom. The molecule has 1 aromatic heterocycles. The lowest BCUT2D eigenvalue weighted by Crippen LogP contribution is -2.01. The Hall–Kier alpha value is -0.810. The minimum atomic E-state index is 0.252. The van der Waals surface area contributed by atoms with Crippen LogP contribution in [0.4, 0.5) is 0 Å². The summed E-state index contributed by atoms with van der Waals surface area (Å²) in [5.41, 5.74) is 6.11. The third-order valence-electron chi connectivity index (χ3n) is 2.19. The van der Waals surface area contributed by atoms with Gasteiger partial charge in [-0.15, -0.1) is 0 Å². The van der Waals surface area contributed by atoms with Crippen LogP contribution in [0.5, 0.6) is 11.6 Å². The molecule has 18 heavy (non-hydrogen) atoms. The highest BCUT2D eigenvalue weighted by Crippen LogP contribution is 2.31. The Labute approximate surface area is 123 Å². The van der Waals surface area contributed by atoms with E-state index in [-0.39, 0.29) is 6.54 Å². The van der Waals surface area contributed by atoms with Gasteiger partial charge in [0.2, 0.25) is 5.88 Å². The Bertz CT molecular complexity index is 578. The first kappa shape index (κ1) is 13.6. The van der Waals surface area contributed by atoms with Gasteiger partial charge in [-0.25, -0.2) is 4.98 Å². The van der Waals surface area contributed by atoms with Crippen LogP contribution in [-0.4, -0.2) is 4.98 Å². The molecule has 0 fully saturated rings. The zero-order valence-corrected chi connectivity index (χ0v) is 12.3. The SMILES string of the molecule is NCc1nc(Oc2cc(Br)ccc2Cl)ccc1Cl. The van der Waals surface area contributed by atoms with Crippen molar-refractivity contribution in [2.75, 3.05) is 0 Å². The average Bonchev–Trinajstić information content (AvgIpc) is 2.36. The van der Waals surface area contributed by atoms with Crippen molar-refractivity contribution in [1.29, 1.82) is 0 Å². The topological polar surface area (TPSA) is 48.1 Å². The van der Waals surface area contributed by atoms with E-state index in [0.717, 1.165) is 4.47 Å². The molecular weight excluding hydrogens is 339 g/mol. The van der Waals surface area contributed by atoms with Gasteiger partial charge in [-0.2, -0.15) is 0 Å². The van der Waals surface area contributed by atoms with Gasteiger partial charge in [-0.1, -0.05) is 39.1 Å². The molecule has 0 spiro atoms. The van der Waals surface area contributed by atoms with Crippen LogP contribution >= 0.6 is 39.1 Å². The van der Waals surface area contributed by atoms with Crippen molar-refractivity contribution in [1.82, 2.24) is 4.98 Å². The molecule has 0 unspecified atom stereocenters. The summed E-state index contributed by atoms with van der Waals surface area (Å²) in [4.78, 5) is 4.20. The molecule has 0 saturated carbocycles. The van der Waals surface area contributed by atoms with Crippen LogP contribution in [-0.2, 0) is 6.54 Å². The van der Waals surface area contributed by atoms with Gasteiger partial charge in [0.25, 0.3) is 0 Å². The van der Waals surface area contributed by atoms with E-state index in [4.69, 9.17) is 33.7 Å². The quantitative estimate of drug-likeness (QED) is 0.894. The van der Waals surface area contributed by atoms with Crippen LogP contribution in [0.3, 0.4) is 0 Å². The molecule has 2 aromatic rings. The van der Waals surface area contributed by atoms with E-state index in [1.54, 1.807) is 24.3 Å². The number of rotatable bonds is 3. The summed E-state index contributed by atoms with van der Waals surface area (Å²) in [6.07, 6.45) is 0. The molecule has 0 amide bonds. The maximum absolute atomic E-state index is 6.03. The lowest BCUT2D eigenvalue weighted by molar-refractivity contribution is 0.460. The highest BCUT2D eigenvalue weighted by atomic mass is 79.9. The van der Waals surface area contributed by atoms with Crippen molar-refractivity contribution in [2.24, 2.45) is 5.73 Å². The van der Waals surface area contributed by atoms with Crippen LogP contribution in [0.15, 0.2) is 34.8 Å². The second-order valence-corrected chi connectivity index (χ2v) is 5.19. The van der Waals surface area contributed by atoms with E-state index in [1.165, 1.54) is 0 Å². The van der Waals surface area contributed by atoms with Crippen molar-refractivity contribution in [2.45, 2.75) is 6.54 Å². The van der Waals surface area contributed by atoms with Gasteiger partial charge < -0.3 is 10.5 Å². The highest BCUT2D eigenvalue weighted by molar-refractivity contribution is 9.10. The molecule has 6 heteroatoms. The van der Waals surface area contributed by atoms with Gasteiger partial charge in [-0.05, 0) is 24.3 Å². The Morgan fingerprint density at radius 1 is 1.17 bits per heavy atom. The zero-order chi connectivity index (χ0) is 13.1. The second kappa shape index (κ2) is 5.89. The number of halogens is 3. The number of hydrogen-bond donors (Lipinski definition) is 1. The fraction of sp³-hybridized carbons (Fsp3) is 0.0833. The van der Waals surface area contributed by atoms with E-state index in [1.807, 2.05) is 6.07 Å². The second-order valence-electron chi connectivity index (χ2n) is 3.46. The lowest BCUT2D eigenvalue weighted by Gasteiger charge is -2.08. The van der Waals surface area contributed by atoms with Crippen molar-refractivity contribution in [3.63, 3.8) is 0 Å². The third kappa shape index (κ3) is 3.14. The number of pyridine rings is 1. The van der Waals surface area contributed by atoms with Crippen molar-refractivity contribution >= 4 is 39.1 Å². The fourth-order valence-corrected chi connectivity index (χ4v) is 2.01. The standard InChI is InChI=1S/C12H9BrCl2N2O/c13-7-1-2-9(15)11(5-7)18-12-4-3-8(14)10(6-16)17-12/h1-5H,6,16H2. The molecule has 0 bridgehead atoms. The van der Waals surface area contributed by atoms with Gasteiger partial charge in [-0.3, -0.25) is 0 Å². The summed E-state index contributed by atoms with van der Waals surface area (Å²) in [6, 6.07) is 8.69. The number of benzene rings is 1. The number of nitrogens with zero attached hydrogens (tertiary/aromatic N) is 1. The molecule has 0 atom stereocenters. The summed E-state index contributed by atoms with van der Waals surface area (Å²) in [5.74, 6) is 0.920. The van der Waals surface area contributed by atoms with E-state index in [0.29, 0.717) is 27.4 Å². The van der Waals surface area contributed by atoms with Crippen LogP contribution in [0.1, 0.15) is 5.69 Å². The number of ether oxygens (including phenoxy) is 1. The maximum Gasteiger partial charge on any atom is 0.219 e. The van der Waals surface area contributed by atoms with E-state index in [2.05, 4.69) is 20.9 Å². The van der Waals surface area contributed by atoms with Crippen LogP contribution in [0.2, 0.25) is 10.0 Å². The largest absolute Gasteiger partial charge is 0.437 e. The van der Waals surface area contributed by atoms with Crippen LogP contribution < -0.4 is 10.5 Å². The summed E-state index contributed by atoms with van der Waals surface area (Å²) < 4.78 is 6.47. The molecule has 2 rings (SSSR count). The van der Waals surface area contributed by atoms with Gasteiger partial charge in [0.15, 0.2) is 0 Å². The third-order valence-corrected chi connectivity index (χ3v) is 3.34. The van der Waals surface area contributed by atoms with E-state index >= 15 is 0 Å². The summed E-state index contributed by atoms with van der Waals surface area (Å²) >= 11 is 15.3. The molecule has 1 aromatic carbocycles. The van der Waals surface area contributed by atoms with E-state index < -0.39 is 0 Å². The zero-order valence-electron chi connectivity index (χ0n) is 9.16. The first-order valence-corrected chi connectivity index (χ1v) is 6.63.